The molecule has 3 N–H and O–H groups in total. The summed E-state index contributed by atoms with van der Waals surface area (Å²) in [5, 5.41) is 13.4. The quantitative estimate of drug-likeness (QED) is 0.651. The SMILES string of the molecule is O=C(O)c1ccnc(NC(=O)N2c3nc(C(=O)NCC(F)(F)F)ccc3N3CC[C@H]2C3)c1. The number of nitrogens with one attached hydrogen (secondary N) is 2. The van der Waals surface area contributed by atoms with Crippen LogP contribution >= 0.6 is 0 Å². The van der Waals surface area contributed by atoms with Crippen molar-refractivity contribution < 1.29 is 32.7 Å². The van der Waals surface area contributed by atoms with E-state index < -0.39 is 30.6 Å². The second-order valence-corrected chi connectivity index (χ2v) is 7.26. The smallest absolute Gasteiger partial charge is 0.405 e. The Labute approximate surface area is 179 Å². The third-order valence-corrected chi connectivity index (χ3v) is 5.09. The lowest BCUT2D eigenvalue weighted by Crippen LogP contribution is -2.48. The van der Waals surface area contributed by atoms with E-state index in [1.807, 2.05) is 4.90 Å². The molecule has 3 amide bonds. The molecule has 4 heterocycles. The first-order chi connectivity index (χ1) is 15.1. The summed E-state index contributed by atoms with van der Waals surface area (Å²) in [5.74, 6) is -2.07. The van der Waals surface area contributed by atoms with Crippen molar-refractivity contribution in [1.82, 2.24) is 15.3 Å². The van der Waals surface area contributed by atoms with E-state index in [0.29, 0.717) is 25.2 Å². The van der Waals surface area contributed by atoms with E-state index in [9.17, 15) is 27.6 Å². The van der Waals surface area contributed by atoms with Crippen LogP contribution in [0, 0.1) is 0 Å². The van der Waals surface area contributed by atoms with Crippen LogP contribution < -0.4 is 20.4 Å². The Morgan fingerprint density at radius 1 is 1.22 bits per heavy atom. The van der Waals surface area contributed by atoms with E-state index in [2.05, 4.69) is 15.3 Å². The van der Waals surface area contributed by atoms with E-state index in [0.717, 1.165) is 0 Å². The number of carbonyl (C=O) groups excluding carboxylic acids is 2. The number of urea groups is 1. The molecule has 0 spiro atoms. The van der Waals surface area contributed by atoms with Crippen LogP contribution in [0.2, 0.25) is 0 Å². The van der Waals surface area contributed by atoms with Gasteiger partial charge in [0.25, 0.3) is 5.91 Å². The zero-order valence-corrected chi connectivity index (χ0v) is 16.4. The molecule has 4 rings (SSSR count). The maximum Gasteiger partial charge on any atom is 0.405 e. The number of nitrogens with zero attached hydrogens (tertiary/aromatic N) is 4. The van der Waals surface area contributed by atoms with Crippen LogP contribution in [0.25, 0.3) is 0 Å². The van der Waals surface area contributed by atoms with Crippen molar-refractivity contribution >= 4 is 35.2 Å². The number of aromatic nitrogens is 2. The lowest BCUT2D eigenvalue weighted by molar-refractivity contribution is -0.123. The number of carboxylic acid groups (broad SMARTS) is 1. The normalized spacial score (nSPS) is 17.0. The number of hydrogen-bond donors (Lipinski definition) is 3. The second kappa shape index (κ2) is 7.98. The van der Waals surface area contributed by atoms with Crippen LogP contribution in [-0.2, 0) is 0 Å². The van der Waals surface area contributed by atoms with E-state index in [-0.39, 0.29) is 28.9 Å². The van der Waals surface area contributed by atoms with Gasteiger partial charge in [-0.25, -0.2) is 19.6 Å². The first-order valence-electron chi connectivity index (χ1n) is 9.53. The van der Waals surface area contributed by atoms with Crippen molar-refractivity contribution in [2.24, 2.45) is 0 Å². The molecule has 168 valence electrons. The summed E-state index contributed by atoms with van der Waals surface area (Å²) in [5.41, 5.74) is 0.232. The van der Waals surface area contributed by atoms with E-state index in [4.69, 9.17) is 5.11 Å². The molecule has 2 aromatic heterocycles. The Balaban J connectivity index is 1.61. The molecule has 0 unspecified atom stereocenters. The predicted molar refractivity (Wildman–Crippen MR) is 106 cm³/mol. The van der Waals surface area contributed by atoms with Crippen LogP contribution in [0.15, 0.2) is 30.5 Å². The molecule has 32 heavy (non-hydrogen) atoms. The molecule has 2 aromatic rings. The standard InChI is InChI=1S/C19H17F3N6O4/c20-19(21,22)9-24-16(29)12-1-2-13-15(25-12)28(11-4-6-27(13)8-11)18(32)26-14-7-10(17(30)31)3-5-23-14/h1-3,5,7,11H,4,6,8-9H2,(H,24,29)(H,30,31)(H,23,26,32)/t11-/m0/s1. The first-order valence-corrected chi connectivity index (χ1v) is 9.53. The molecule has 10 nitrogen and oxygen atoms in total. The lowest BCUT2D eigenvalue weighted by atomic mass is 10.1. The van der Waals surface area contributed by atoms with Gasteiger partial charge in [0.1, 0.15) is 18.1 Å². The van der Waals surface area contributed by atoms with Gasteiger partial charge in [-0.15, -0.1) is 0 Å². The number of rotatable bonds is 4. The zero-order chi connectivity index (χ0) is 23.0. The summed E-state index contributed by atoms with van der Waals surface area (Å²) in [6.07, 6.45) is -2.72. The molecule has 2 aliphatic heterocycles. The first kappa shape index (κ1) is 21.3. The van der Waals surface area contributed by atoms with Crippen LogP contribution in [0.5, 0.6) is 0 Å². The highest BCUT2D eigenvalue weighted by Gasteiger charge is 2.40. The number of fused-ring (bicyclic) bond motifs is 4. The number of pyridine rings is 2. The number of anilines is 3. The van der Waals surface area contributed by atoms with Crippen LogP contribution in [-0.4, -0.2) is 64.8 Å². The zero-order valence-electron chi connectivity index (χ0n) is 16.4. The molecule has 2 bridgehead atoms. The average Bonchev–Trinajstić information content (AvgIpc) is 3.15. The van der Waals surface area contributed by atoms with Gasteiger partial charge in [-0.2, -0.15) is 13.2 Å². The Kier molecular flexibility index (Phi) is 5.32. The summed E-state index contributed by atoms with van der Waals surface area (Å²) in [6.45, 7) is -0.352. The summed E-state index contributed by atoms with van der Waals surface area (Å²) < 4.78 is 37.3. The maximum absolute atomic E-state index is 13.1. The number of hydrogen-bond acceptors (Lipinski definition) is 6. The van der Waals surface area contributed by atoms with Crippen molar-refractivity contribution in [3.05, 3.63) is 41.7 Å². The Morgan fingerprint density at radius 2 is 2.00 bits per heavy atom. The summed E-state index contributed by atoms with van der Waals surface area (Å²) in [6, 6.07) is 4.38. The highest BCUT2D eigenvalue weighted by molar-refractivity contribution is 6.05. The number of carboxylic acids is 1. The van der Waals surface area contributed by atoms with Gasteiger partial charge in [-0.1, -0.05) is 0 Å². The van der Waals surface area contributed by atoms with Crippen LogP contribution in [0.1, 0.15) is 27.3 Å². The van der Waals surface area contributed by atoms with E-state index >= 15 is 0 Å². The summed E-state index contributed by atoms with van der Waals surface area (Å²) in [4.78, 5) is 47.8. The molecule has 13 heteroatoms. The minimum absolute atomic E-state index is 0.0101. The second-order valence-electron chi connectivity index (χ2n) is 7.26. The third-order valence-electron chi connectivity index (χ3n) is 5.09. The monoisotopic (exact) mass is 450 g/mol. The Bertz CT molecular complexity index is 1090. The van der Waals surface area contributed by atoms with Gasteiger partial charge < -0.3 is 15.3 Å². The number of carbonyl (C=O) groups is 3. The maximum atomic E-state index is 13.1. The topological polar surface area (TPSA) is 128 Å². The van der Waals surface area contributed by atoms with Crippen molar-refractivity contribution in [1.29, 1.82) is 0 Å². The number of halogens is 3. The third kappa shape index (κ3) is 4.26. The average molecular weight is 450 g/mol. The highest BCUT2D eigenvalue weighted by Crippen LogP contribution is 2.39. The molecule has 0 saturated carbocycles. The molecule has 1 saturated heterocycles. The van der Waals surface area contributed by atoms with Crippen molar-refractivity contribution in [2.75, 3.05) is 34.8 Å². The molecule has 0 aromatic carbocycles. The fraction of sp³-hybridized carbons (Fsp3) is 0.316. The Morgan fingerprint density at radius 3 is 2.72 bits per heavy atom. The number of amides is 3. The number of alkyl halides is 3. The molecular weight excluding hydrogens is 433 g/mol. The molecule has 1 fully saturated rings. The fourth-order valence-corrected chi connectivity index (χ4v) is 3.67. The van der Waals surface area contributed by atoms with E-state index in [1.165, 1.54) is 35.4 Å². The van der Waals surface area contributed by atoms with Crippen molar-refractivity contribution in [3.63, 3.8) is 0 Å². The van der Waals surface area contributed by atoms with Gasteiger partial charge >= 0.3 is 18.2 Å². The summed E-state index contributed by atoms with van der Waals surface area (Å²) in [7, 11) is 0. The minimum atomic E-state index is -4.57. The predicted octanol–water partition coefficient (Wildman–Crippen LogP) is 2.10. The molecule has 0 aliphatic carbocycles. The fourth-order valence-electron chi connectivity index (χ4n) is 3.67. The van der Waals surface area contributed by atoms with Crippen molar-refractivity contribution in [2.45, 2.75) is 18.6 Å². The van der Waals surface area contributed by atoms with Gasteiger partial charge in [0.05, 0.1) is 17.3 Å². The summed E-state index contributed by atoms with van der Waals surface area (Å²) >= 11 is 0. The highest BCUT2D eigenvalue weighted by atomic mass is 19.4. The lowest BCUT2D eigenvalue weighted by Gasteiger charge is -2.35. The van der Waals surface area contributed by atoms with Crippen molar-refractivity contribution in [3.8, 4) is 0 Å². The Hall–Kier alpha value is -3.90. The molecule has 1 atom stereocenters. The van der Waals surface area contributed by atoms with Crippen LogP contribution in [0.4, 0.5) is 35.3 Å². The van der Waals surface area contributed by atoms with Gasteiger partial charge in [-0.05, 0) is 30.7 Å². The molecule has 2 aliphatic rings. The van der Waals surface area contributed by atoms with Gasteiger partial charge in [0, 0.05) is 19.3 Å². The van der Waals surface area contributed by atoms with Crippen LogP contribution in [0.3, 0.4) is 0 Å². The van der Waals surface area contributed by atoms with Gasteiger partial charge in [0.2, 0.25) is 0 Å². The molecule has 0 radical (unpaired) electrons. The number of aromatic carboxylic acids is 1. The minimum Gasteiger partial charge on any atom is -0.478 e. The van der Waals surface area contributed by atoms with Gasteiger partial charge in [0.15, 0.2) is 5.82 Å². The largest absolute Gasteiger partial charge is 0.478 e. The van der Waals surface area contributed by atoms with E-state index in [1.54, 1.807) is 5.32 Å². The van der Waals surface area contributed by atoms with Gasteiger partial charge in [-0.3, -0.25) is 15.0 Å². The molecular formula is C19H17F3N6O4.